The molecule has 0 aliphatic carbocycles. The predicted molar refractivity (Wildman–Crippen MR) is 320 cm³/mol. The van der Waals surface area contributed by atoms with Gasteiger partial charge >= 0.3 is 11.9 Å². The van der Waals surface area contributed by atoms with Crippen molar-refractivity contribution in [3.63, 3.8) is 0 Å². The van der Waals surface area contributed by atoms with Crippen LogP contribution in [-0.2, 0) is 19.1 Å². The average Bonchev–Trinajstić information content (AvgIpc) is 3.47. The van der Waals surface area contributed by atoms with Gasteiger partial charge in [-0.2, -0.15) is 0 Å². The third kappa shape index (κ3) is 48.9. The highest BCUT2D eigenvalue weighted by atomic mass is 16.6. The Morgan fingerprint density at radius 3 is 0.838 bits per heavy atom. The summed E-state index contributed by atoms with van der Waals surface area (Å²) in [6.07, 6.45) is 83.1. The number of hydrogen-bond donors (Lipinski definition) is 2. The summed E-state index contributed by atoms with van der Waals surface area (Å²) >= 11 is 0. The molecule has 438 valence electrons. The minimum Gasteiger partial charge on any atom is -0.465 e. The molecule has 1 rings (SSSR count). The summed E-state index contributed by atoms with van der Waals surface area (Å²) in [6, 6.07) is 0. The molecule has 0 spiro atoms. The van der Waals surface area contributed by atoms with E-state index in [2.05, 4.69) is 19.1 Å². The van der Waals surface area contributed by atoms with E-state index in [0.29, 0.717) is 6.42 Å². The van der Waals surface area contributed by atoms with Gasteiger partial charge in [-0.15, -0.1) is 0 Å². The number of rotatable bonds is 59. The minimum atomic E-state index is -1.12. The molecule has 1 atom stereocenters. The van der Waals surface area contributed by atoms with E-state index >= 15 is 0 Å². The van der Waals surface area contributed by atoms with Crippen LogP contribution in [-0.4, -0.2) is 48.6 Å². The average molecular weight is 1040 g/mol. The first kappa shape index (κ1) is 70.6. The number of carbonyl (C=O) groups excluding carboxylic acids is 2. The molecule has 0 aromatic carbocycles. The smallest absolute Gasteiger partial charge is 0.309 e. The van der Waals surface area contributed by atoms with E-state index in [4.69, 9.17) is 9.47 Å². The maximum Gasteiger partial charge on any atom is 0.309 e. The van der Waals surface area contributed by atoms with Crippen LogP contribution in [0.25, 0.3) is 0 Å². The summed E-state index contributed by atoms with van der Waals surface area (Å²) in [6.45, 7) is 1.21. The second-order valence-corrected chi connectivity index (χ2v) is 24.2. The maximum absolute atomic E-state index is 12.6. The summed E-state index contributed by atoms with van der Waals surface area (Å²) in [5.74, 6) is -1.40. The van der Waals surface area contributed by atoms with Crippen molar-refractivity contribution in [2.45, 2.75) is 373 Å². The van der Waals surface area contributed by atoms with E-state index in [9.17, 15) is 19.8 Å². The molecular weight excluding hydrogens is 913 g/mol. The lowest BCUT2D eigenvalue weighted by atomic mass is 9.92. The van der Waals surface area contributed by atoms with E-state index in [1.165, 1.54) is 334 Å². The van der Waals surface area contributed by atoms with Crippen LogP contribution in [0, 0.1) is 11.3 Å². The largest absolute Gasteiger partial charge is 0.465 e. The summed E-state index contributed by atoms with van der Waals surface area (Å²) < 4.78 is 10.6. The summed E-state index contributed by atoms with van der Waals surface area (Å²) in [7, 11) is 0. The standard InChI is InChI=1S/C68H130O6/c1-2-3-4-5-6-7-8-9-10-11-12-13-14-15-16-17-18-19-20-21-22-23-24-25-26-27-28-29-30-31-32-33-34-35-36-37-38-39-40-41-42-43-44-45-46-47-48-49-50-51-52-53-54-55-56-57-58-59-65-60-66(71)73-63-68(61-69,62-70)64-74-67(65)72/h26-27,65,69-70H,2-25,28-64H2,1H3/b27-26+. The molecule has 74 heavy (non-hydrogen) atoms. The van der Waals surface area contributed by atoms with Gasteiger partial charge in [0.15, 0.2) is 0 Å². The predicted octanol–water partition coefficient (Wildman–Crippen LogP) is 21.5. The van der Waals surface area contributed by atoms with Crippen LogP contribution in [0.4, 0.5) is 0 Å². The number of esters is 2. The Bertz CT molecular complexity index is 1160. The van der Waals surface area contributed by atoms with E-state index in [-0.39, 0.29) is 19.6 Å². The Kier molecular flexibility index (Phi) is 55.1. The van der Waals surface area contributed by atoms with Crippen LogP contribution >= 0.6 is 0 Å². The topological polar surface area (TPSA) is 93.1 Å². The molecule has 0 radical (unpaired) electrons. The molecule has 0 saturated carbocycles. The molecule has 1 saturated heterocycles. The van der Waals surface area contributed by atoms with Gasteiger partial charge in [0.25, 0.3) is 0 Å². The molecule has 0 aromatic rings. The van der Waals surface area contributed by atoms with Gasteiger partial charge < -0.3 is 19.7 Å². The van der Waals surface area contributed by atoms with Crippen molar-refractivity contribution in [1.82, 2.24) is 0 Å². The van der Waals surface area contributed by atoms with Gasteiger partial charge in [0, 0.05) is 0 Å². The SMILES string of the molecule is CCCCCCCCCCCCCCCCCCCCCCCCC/C=C/CCCCCCCCCCCCCCCCCCCCCCCCCCCCCCCCC1CC(=O)OCC(CO)(CO)COC1=O. The number of allylic oxidation sites excluding steroid dienone is 2. The third-order valence-corrected chi connectivity index (χ3v) is 16.8. The first-order valence-electron chi connectivity index (χ1n) is 33.8. The molecule has 2 N–H and O–H groups in total. The molecule has 1 heterocycles. The first-order valence-corrected chi connectivity index (χ1v) is 33.8. The number of hydrogen-bond acceptors (Lipinski definition) is 6. The monoisotopic (exact) mass is 1040 g/mol. The van der Waals surface area contributed by atoms with Crippen molar-refractivity contribution < 1.29 is 29.3 Å². The van der Waals surface area contributed by atoms with Gasteiger partial charge in [-0.3, -0.25) is 9.59 Å². The van der Waals surface area contributed by atoms with Gasteiger partial charge in [0.05, 0.1) is 31.0 Å². The highest BCUT2D eigenvalue weighted by Gasteiger charge is 2.36. The molecule has 1 unspecified atom stereocenters. The van der Waals surface area contributed by atoms with Gasteiger partial charge in [-0.05, 0) is 32.1 Å². The van der Waals surface area contributed by atoms with Crippen molar-refractivity contribution in [1.29, 1.82) is 0 Å². The lowest BCUT2D eigenvalue weighted by molar-refractivity contribution is -0.155. The summed E-state index contributed by atoms with van der Waals surface area (Å²) in [5, 5.41) is 19.2. The molecule has 1 aliphatic heterocycles. The number of ether oxygens (including phenoxy) is 2. The number of carbonyl (C=O) groups is 2. The molecule has 6 nitrogen and oxygen atoms in total. The third-order valence-electron chi connectivity index (χ3n) is 16.8. The van der Waals surface area contributed by atoms with Crippen molar-refractivity contribution in [3.8, 4) is 0 Å². The molecule has 0 bridgehead atoms. The van der Waals surface area contributed by atoms with Gasteiger partial charge in [-0.1, -0.05) is 347 Å². The number of cyclic esters (lactones) is 2. The maximum atomic E-state index is 12.6. The molecule has 0 amide bonds. The van der Waals surface area contributed by atoms with E-state index in [1.807, 2.05) is 0 Å². The Hall–Kier alpha value is -1.40. The summed E-state index contributed by atoms with van der Waals surface area (Å²) in [5.41, 5.74) is -1.12. The lowest BCUT2D eigenvalue weighted by Crippen LogP contribution is -2.40. The van der Waals surface area contributed by atoms with Crippen LogP contribution in [0.3, 0.4) is 0 Å². The van der Waals surface area contributed by atoms with Crippen LogP contribution in [0.2, 0.25) is 0 Å². The molecule has 1 aliphatic rings. The number of aliphatic hydroxyl groups is 2. The Morgan fingerprint density at radius 2 is 0.581 bits per heavy atom. The van der Waals surface area contributed by atoms with Crippen LogP contribution < -0.4 is 0 Å². The van der Waals surface area contributed by atoms with Gasteiger partial charge in [0.2, 0.25) is 0 Å². The molecule has 0 aromatic heterocycles. The Morgan fingerprint density at radius 1 is 0.351 bits per heavy atom. The van der Waals surface area contributed by atoms with Crippen LogP contribution in [0.15, 0.2) is 12.2 Å². The van der Waals surface area contributed by atoms with Gasteiger partial charge in [0.1, 0.15) is 13.2 Å². The molecular formula is C68H130O6. The van der Waals surface area contributed by atoms with Gasteiger partial charge in [-0.25, -0.2) is 0 Å². The second-order valence-electron chi connectivity index (χ2n) is 24.2. The van der Waals surface area contributed by atoms with Crippen molar-refractivity contribution in [3.05, 3.63) is 12.2 Å². The van der Waals surface area contributed by atoms with Crippen LogP contribution in [0.5, 0.6) is 0 Å². The normalized spacial score (nSPS) is 15.1. The highest BCUT2D eigenvalue weighted by Crippen LogP contribution is 2.25. The van der Waals surface area contributed by atoms with E-state index in [1.54, 1.807) is 0 Å². The Balaban J connectivity index is 1.67. The fraction of sp³-hybridized carbons (Fsp3) is 0.941. The quantitative estimate of drug-likeness (QED) is 0.0358. The fourth-order valence-corrected chi connectivity index (χ4v) is 11.3. The van der Waals surface area contributed by atoms with Crippen molar-refractivity contribution in [2.75, 3.05) is 26.4 Å². The minimum absolute atomic E-state index is 0.00480. The highest BCUT2D eigenvalue weighted by molar-refractivity contribution is 5.80. The van der Waals surface area contributed by atoms with E-state index < -0.39 is 36.5 Å². The molecule has 6 heteroatoms. The van der Waals surface area contributed by atoms with Crippen molar-refractivity contribution in [2.24, 2.45) is 11.3 Å². The first-order chi connectivity index (χ1) is 36.6. The zero-order valence-electron chi connectivity index (χ0n) is 49.9. The zero-order chi connectivity index (χ0) is 53.2. The number of unbranched alkanes of at least 4 members (excludes halogenated alkanes) is 53. The fourth-order valence-electron chi connectivity index (χ4n) is 11.3. The molecule has 1 fully saturated rings. The Labute approximate surface area is 462 Å². The summed E-state index contributed by atoms with van der Waals surface area (Å²) in [4.78, 5) is 24.8. The second kappa shape index (κ2) is 57.8. The number of aliphatic hydroxyl groups excluding tert-OH is 2. The lowest BCUT2D eigenvalue weighted by Gasteiger charge is -2.27. The van der Waals surface area contributed by atoms with Crippen molar-refractivity contribution >= 4 is 11.9 Å². The zero-order valence-corrected chi connectivity index (χ0v) is 49.9. The van der Waals surface area contributed by atoms with Crippen LogP contribution in [0.1, 0.15) is 373 Å². The van der Waals surface area contributed by atoms with E-state index in [0.717, 1.165) is 19.3 Å².